The molecule has 2 aromatic rings. The molecule has 0 aliphatic carbocycles. The molecule has 0 atom stereocenters. The molecule has 1 saturated heterocycles. The van der Waals surface area contributed by atoms with Crippen LogP contribution in [0.3, 0.4) is 0 Å². The second-order valence-electron chi connectivity index (χ2n) is 7.12. The molecule has 1 aliphatic rings. The van der Waals surface area contributed by atoms with Crippen molar-refractivity contribution in [1.29, 1.82) is 0 Å². The molecule has 2 heterocycles. The number of carbonyl (C=O) groups excluding carboxylic acids is 2. The predicted octanol–water partition coefficient (Wildman–Crippen LogP) is 4.22. The molecular formula is C21H27N3O4S. The van der Waals surface area contributed by atoms with Crippen molar-refractivity contribution in [2.24, 2.45) is 0 Å². The molecule has 0 spiro atoms. The van der Waals surface area contributed by atoms with Gasteiger partial charge in [0.1, 0.15) is 10.5 Å². The third kappa shape index (κ3) is 4.07. The van der Waals surface area contributed by atoms with Crippen LogP contribution in [0.4, 0.5) is 4.79 Å². The van der Waals surface area contributed by atoms with Gasteiger partial charge in [-0.15, -0.1) is 11.3 Å². The number of amides is 3. The van der Waals surface area contributed by atoms with Crippen LogP contribution in [0.25, 0.3) is 10.6 Å². The van der Waals surface area contributed by atoms with Gasteiger partial charge < -0.3 is 14.8 Å². The number of benzene rings is 1. The third-order valence-electron chi connectivity index (χ3n) is 5.10. The number of thiazole rings is 1. The fraction of sp³-hybridized carbons (Fsp3) is 0.476. The lowest BCUT2D eigenvalue weighted by molar-refractivity contribution is -0.132. The molecule has 29 heavy (non-hydrogen) atoms. The van der Waals surface area contributed by atoms with E-state index in [4.69, 9.17) is 9.47 Å². The lowest BCUT2D eigenvalue weighted by Crippen LogP contribution is -2.46. The van der Waals surface area contributed by atoms with Gasteiger partial charge in [-0.05, 0) is 31.0 Å². The molecule has 0 unspecified atom stereocenters. The first-order chi connectivity index (χ1) is 14.0. The van der Waals surface area contributed by atoms with Gasteiger partial charge >= 0.3 is 6.03 Å². The fourth-order valence-corrected chi connectivity index (χ4v) is 4.59. The summed E-state index contributed by atoms with van der Waals surface area (Å²) in [5.74, 6) is 1.13. The molecule has 7 nitrogen and oxygen atoms in total. The lowest BCUT2D eigenvalue weighted by atomic mass is 9.88. The maximum atomic E-state index is 13.0. The van der Waals surface area contributed by atoms with Crippen LogP contribution in [0.5, 0.6) is 11.5 Å². The van der Waals surface area contributed by atoms with Crippen LogP contribution in [0.15, 0.2) is 23.6 Å². The summed E-state index contributed by atoms with van der Waals surface area (Å²) in [5, 5.41) is 5.61. The number of rotatable bonds is 9. The van der Waals surface area contributed by atoms with E-state index in [0.717, 1.165) is 23.4 Å². The summed E-state index contributed by atoms with van der Waals surface area (Å²) in [5.41, 5.74) is 0.803. The van der Waals surface area contributed by atoms with Gasteiger partial charge in [0.15, 0.2) is 11.5 Å². The van der Waals surface area contributed by atoms with Gasteiger partial charge in [0.05, 0.1) is 26.5 Å². The number of aromatic nitrogens is 1. The van der Waals surface area contributed by atoms with Crippen molar-refractivity contribution in [2.45, 2.75) is 51.6 Å². The normalized spacial score (nSPS) is 15.5. The second-order valence-corrected chi connectivity index (χ2v) is 7.98. The van der Waals surface area contributed by atoms with Crippen LogP contribution in [0.2, 0.25) is 0 Å². The average molecular weight is 418 g/mol. The van der Waals surface area contributed by atoms with Crippen LogP contribution in [0, 0.1) is 0 Å². The fourth-order valence-electron chi connectivity index (χ4n) is 3.78. The molecule has 1 aromatic heterocycles. The Labute approximate surface area is 175 Å². The largest absolute Gasteiger partial charge is 0.493 e. The highest BCUT2D eigenvalue weighted by molar-refractivity contribution is 7.13. The second kappa shape index (κ2) is 8.82. The highest BCUT2D eigenvalue weighted by Crippen LogP contribution is 2.34. The zero-order chi connectivity index (χ0) is 21.0. The maximum absolute atomic E-state index is 13.0. The first-order valence-electron chi connectivity index (χ1n) is 9.79. The Bertz CT molecular complexity index is 890. The van der Waals surface area contributed by atoms with E-state index in [9.17, 15) is 9.59 Å². The van der Waals surface area contributed by atoms with E-state index < -0.39 is 5.54 Å². The number of nitrogens with one attached hydrogen (secondary N) is 1. The Hall–Kier alpha value is -2.61. The molecule has 1 aliphatic heterocycles. The molecule has 1 aromatic carbocycles. The number of hydrogen-bond acceptors (Lipinski definition) is 6. The van der Waals surface area contributed by atoms with Crippen LogP contribution in [-0.4, -0.2) is 41.6 Å². The molecule has 156 valence electrons. The van der Waals surface area contributed by atoms with Gasteiger partial charge in [0, 0.05) is 10.9 Å². The zero-order valence-electron chi connectivity index (χ0n) is 17.3. The van der Waals surface area contributed by atoms with Crippen molar-refractivity contribution in [3.05, 3.63) is 29.3 Å². The van der Waals surface area contributed by atoms with Crippen molar-refractivity contribution < 1.29 is 19.1 Å². The molecular weight excluding hydrogens is 390 g/mol. The third-order valence-corrected chi connectivity index (χ3v) is 6.04. The number of imide groups is 1. The van der Waals surface area contributed by atoms with Crippen LogP contribution >= 0.6 is 11.3 Å². The van der Waals surface area contributed by atoms with E-state index in [1.807, 2.05) is 37.4 Å². The zero-order valence-corrected chi connectivity index (χ0v) is 18.1. The van der Waals surface area contributed by atoms with E-state index in [0.29, 0.717) is 30.0 Å². The quantitative estimate of drug-likeness (QED) is 0.618. The molecule has 1 fully saturated rings. The number of urea groups is 1. The first-order valence-corrected chi connectivity index (χ1v) is 10.7. The summed E-state index contributed by atoms with van der Waals surface area (Å²) >= 11 is 1.46. The van der Waals surface area contributed by atoms with Crippen LogP contribution < -0.4 is 14.8 Å². The van der Waals surface area contributed by atoms with E-state index in [2.05, 4.69) is 10.3 Å². The summed E-state index contributed by atoms with van der Waals surface area (Å²) < 4.78 is 10.6. The number of carbonyl (C=O) groups is 2. The first kappa shape index (κ1) is 21.1. The molecule has 0 saturated carbocycles. The maximum Gasteiger partial charge on any atom is 0.325 e. The summed E-state index contributed by atoms with van der Waals surface area (Å²) in [7, 11) is 3.18. The summed E-state index contributed by atoms with van der Waals surface area (Å²) in [6.07, 6.45) is 2.96. The standard InChI is InChI=1S/C21H27N3O4S/c1-5-9-21(10-6-2)19(25)24(20(26)23-21)12-15-13-29-18(22-15)14-7-8-16(27-3)17(11-14)28-4/h7-8,11,13H,5-6,9-10,12H2,1-4H3,(H,23,26). The van der Waals surface area contributed by atoms with Crippen molar-refractivity contribution in [3.8, 4) is 22.1 Å². The Morgan fingerprint density at radius 3 is 2.41 bits per heavy atom. The van der Waals surface area contributed by atoms with E-state index in [1.54, 1.807) is 14.2 Å². The van der Waals surface area contributed by atoms with Crippen molar-refractivity contribution in [2.75, 3.05) is 14.2 Å². The summed E-state index contributed by atoms with van der Waals surface area (Å²) in [6.45, 7) is 4.22. The molecule has 1 N–H and O–H groups in total. The van der Waals surface area contributed by atoms with Gasteiger partial charge in [-0.2, -0.15) is 0 Å². The Morgan fingerprint density at radius 1 is 1.10 bits per heavy atom. The van der Waals surface area contributed by atoms with Gasteiger partial charge in [-0.3, -0.25) is 9.69 Å². The lowest BCUT2D eigenvalue weighted by Gasteiger charge is -2.25. The average Bonchev–Trinajstić information content (AvgIpc) is 3.27. The number of hydrogen-bond donors (Lipinski definition) is 1. The van der Waals surface area contributed by atoms with Crippen molar-refractivity contribution in [3.63, 3.8) is 0 Å². The van der Waals surface area contributed by atoms with Gasteiger partial charge in [0.2, 0.25) is 0 Å². The molecule has 0 bridgehead atoms. The molecule has 3 amide bonds. The minimum atomic E-state index is -0.775. The number of nitrogens with zero attached hydrogens (tertiary/aromatic N) is 2. The van der Waals surface area contributed by atoms with Gasteiger partial charge in [0.25, 0.3) is 5.91 Å². The molecule has 3 rings (SSSR count). The van der Waals surface area contributed by atoms with Crippen LogP contribution in [0.1, 0.15) is 45.2 Å². The summed E-state index contributed by atoms with van der Waals surface area (Å²) in [6, 6.07) is 5.27. The highest BCUT2D eigenvalue weighted by atomic mass is 32.1. The number of methoxy groups -OCH3 is 2. The molecule has 8 heteroatoms. The van der Waals surface area contributed by atoms with Crippen LogP contribution in [-0.2, 0) is 11.3 Å². The number of ether oxygens (including phenoxy) is 2. The Morgan fingerprint density at radius 2 is 1.79 bits per heavy atom. The Kier molecular flexibility index (Phi) is 6.42. The minimum absolute atomic E-state index is 0.146. The van der Waals surface area contributed by atoms with Crippen molar-refractivity contribution >= 4 is 23.3 Å². The molecule has 0 radical (unpaired) electrons. The monoisotopic (exact) mass is 417 g/mol. The summed E-state index contributed by atoms with van der Waals surface area (Å²) in [4.78, 5) is 31.5. The topological polar surface area (TPSA) is 80.8 Å². The van der Waals surface area contributed by atoms with E-state index in [1.165, 1.54) is 16.2 Å². The van der Waals surface area contributed by atoms with Gasteiger partial charge in [-0.25, -0.2) is 9.78 Å². The Balaban J connectivity index is 1.80. The highest BCUT2D eigenvalue weighted by Gasteiger charge is 2.49. The SMILES string of the molecule is CCCC1(CCC)NC(=O)N(Cc2csc(-c3ccc(OC)c(OC)c3)n2)C1=O. The smallest absolute Gasteiger partial charge is 0.325 e. The van der Waals surface area contributed by atoms with Gasteiger partial charge in [-0.1, -0.05) is 26.7 Å². The van der Waals surface area contributed by atoms with Crippen molar-refractivity contribution in [1.82, 2.24) is 15.2 Å². The van der Waals surface area contributed by atoms with E-state index in [-0.39, 0.29) is 18.5 Å². The predicted molar refractivity (Wildman–Crippen MR) is 112 cm³/mol. The van der Waals surface area contributed by atoms with E-state index >= 15 is 0 Å². The minimum Gasteiger partial charge on any atom is -0.493 e.